The van der Waals surface area contributed by atoms with Crippen molar-refractivity contribution in [3.05, 3.63) is 24.5 Å². The zero-order valence-corrected chi connectivity index (χ0v) is 15.4. The minimum absolute atomic E-state index is 0.0521. The van der Waals surface area contributed by atoms with Crippen LogP contribution in [-0.4, -0.2) is 74.2 Å². The Bertz CT molecular complexity index is 702. The van der Waals surface area contributed by atoms with E-state index in [-0.39, 0.29) is 24.1 Å². The molecule has 9 heteroatoms. The van der Waals surface area contributed by atoms with Crippen molar-refractivity contribution in [3.8, 4) is 11.4 Å². The number of aromatic amines is 1. The predicted octanol–water partition coefficient (Wildman–Crippen LogP) is 1.29. The Morgan fingerprint density at radius 2 is 1.84 bits per heavy atom. The molecule has 2 aromatic heterocycles. The highest BCUT2D eigenvalue weighted by atomic mass is 32.2. The normalized spacial score (nSPS) is 10.5. The van der Waals surface area contributed by atoms with E-state index in [1.165, 1.54) is 16.7 Å². The number of rotatable bonds is 8. The number of aromatic nitrogens is 4. The van der Waals surface area contributed by atoms with Crippen LogP contribution in [0.5, 0.6) is 0 Å². The van der Waals surface area contributed by atoms with Gasteiger partial charge in [-0.25, -0.2) is 4.98 Å². The van der Waals surface area contributed by atoms with Gasteiger partial charge < -0.3 is 9.80 Å². The average Bonchev–Trinajstić information content (AvgIpc) is 3.10. The fraction of sp³-hybridized carbons (Fsp3) is 0.438. The molecule has 0 bridgehead atoms. The molecule has 0 unspecified atom stereocenters. The van der Waals surface area contributed by atoms with Crippen molar-refractivity contribution >= 4 is 23.6 Å². The smallest absolute Gasteiger partial charge is 0.242 e. The molecule has 0 aliphatic carbocycles. The molecule has 0 atom stereocenters. The fourth-order valence-corrected chi connectivity index (χ4v) is 2.89. The molecule has 0 fully saturated rings. The van der Waals surface area contributed by atoms with Gasteiger partial charge in [-0.05, 0) is 26.0 Å². The summed E-state index contributed by atoms with van der Waals surface area (Å²) in [5, 5.41) is 7.43. The van der Waals surface area contributed by atoms with Gasteiger partial charge in [-0.1, -0.05) is 11.8 Å². The third-order valence-electron chi connectivity index (χ3n) is 3.66. The zero-order valence-electron chi connectivity index (χ0n) is 14.6. The number of amides is 2. The summed E-state index contributed by atoms with van der Waals surface area (Å²) in [7, 11) is 1.63. The predicted molar refractivity (Wildman–Crippen MR) is 95.9 cm³/mol. The number of hydrogen-bond acceptors (Lipinski definition) is 6. The quantitative estimate of drug-likeness (QED) is 0.711. The number of likely N-dealkylation sites (N-methyl/N-ethyl adjacent to an activating group) is 2. The van der Waals surface area contributed by atoms with Crippen LogP contribution in [0.4, 0.5) is 0 Å². The molecule has 0 aromatic carbocycles. The molecule has 0 radical (unpaired) electrons. The Morgan fingerprint density at radius 3 is 2.48 bits per heavy atom. The minimum atomic E-state index is -0.138. The topological polar surface area (TPSA) is 95.1 Å². The Balaban J connectivity index is 1.85. The molecular formula is C16H22N6O2S. The third kappa shape index (κ3) is 5.28. The lowest BCUT2D eigenvalue weighted by Crippen LogP contribution is -2.41. The maximum absolute atomic E-state index is 12.2. The van der Waals surface area contributed by atoms with Crippen molar-refractivity contribution in [2.75, 3.05) is 32.4 Å². The highest BCUT2D eigenvalue weighted by Gasteiger charge is 2.17. The van der Waals surface area contributed by atoms with Gasteiger partial charge in [0.15, 0.2) is 5.82 Å². The van der Waals surface area contributed by atoms with Gasteiger partial charge in [-0.3, -0.25) is 19.7 Å². The maximum atomic E-state index is 12.2. The van der Waals surface area contributed by atoms with E-state index in [4.69, 9.17) is 0 Å². The summed E-state index contributed by atoms with van der Waals surface area (Å²) < 4.78 is 0. The molecule has 0 aliphatic heterocycles. The number of H-pyrrole nitrogens is 1. The van der Waals surface area contributed by atoms with Gasteiger partial charge in [0.2, 0.25) is 17.0 Å². The summed E-state index contributed by atoms with van der Waals surface area (Å²) >= 11 is 1.23. The Hall–Kier alpha value is -2.42. The van der Waals surface area contributed by atoms with Crippen LogP contribution < -0.4 is 0 Å². The molecular weight excluding hydrogens is 340 g/mol. The van der Waals surface area contributed by atoms with Crippen molar-refractivity contribution in [3.63, 3.8) is 0 Å². The first-order valence-corrected chi connectivity index (χ1v) is 9.01. The summed E-state index contributed by atoms with van der Waals surface area (Å²) in [6.45, 7) is 5.20. The molecule has 2 rings (SSSR count). The van der Waals surface area contributed by atoms with Crippen LogP contribution in [-0.2, 0) is 9.59 Å². The van der Waals surface area contributed by atoms with Crippen LogP contribution in [0.1, 0.15) is 13.8 Å². The first-order valence-electron chi connectivity index (χ1n) is 8.02. The molecule has 25 heavy (non-hydrogen) atoms. The number of nitrogens with zero attached hydrogens (tertiary/aromatic N) is 5. The lowest BCUT2D eigenvalue weighted by molar-refractivity contribution is -0.137. The van der Waals surface area contributed by atoms with Gasteiger partial charge in [0.1, 0.15) is 0 Å². The lowest BCUT2D eigenvalue weighted by atomic mass is 10.3. The van der Waals surface area contributed by atoms with E-state index in [0.717, 1.165) is 5.56 Å². The molecule has 2 heterocycles. The van der Waals surface area contributed by atoms with E-state index in [1.54, 1.807) is 24.3 Å². The zero-order chi connectivity index (χ0) is 18.2. The average molecular weight is 362 g/mol. The van der Waals surface area contributed by atoms with Gasteiger partial charge in [0.05, 0.1) is 12.3 Å². The molecule has 2 amide bonds. The number of hydrogen-bond donors (Lipinski definition) is 1. The number of pyridine rings is 1. The van der Waals surface area contributed by atoms with Crippen molar-refractivity contribution < 1.29 is 9.59 Å². The van der Waals surface area contributed by atoms with Crippen LogP contribution in [0.3, 0.4) is 0 Å². The summed E-state index contributed by atoms with van der Waals surface area (Å²) in [4.78, 5) is 35.7. The van der Waals surface area contributed by atoms with Crippen LogP contribution in [0.2, 0.25) is 0 Å². The second-order valence-corrected chi connectivity index (χ2v) is 6.25. The Labute approximate surface area is 151 Å². The molecule has 2 aromatic rings. The second-order valence-electron chi connectivity index (χ2n) is 5.31. The SMILES string of the molecule is CCN(CC)C(=O)CN(C)C(=O)CSc1n[nH]c(-c2ccncc2)n1. The van der Waals surface area contributed by atoms with Crippen molar-refractivity contribution in [2.24, 2.45) is 0 Å². The van der Waals surface area contributed by atoms with Crippen LogP contribution >= 0.6 is 11.8 Å². The van der Waals surface area contributed by atoms with Crippen LogP contribution in [0.15, 0.2) is 29.7 Å². The largest absolute Gasteiger partial charge is 0.342 e. The number of carbonyl (C=O) groups is 2. The Morgan fingerprint density at radius 1 is 1.16 bits per heavy atom. The highest BCUT2D eigenvalue weighted by molar-refractivity contribution is 7.99. The third-order valence-corrected chi connectivity index (χ3v) is 4.49. The second kappa shape index (κ2) is 9.16. The number of thioether (sulfide) groups is 1. The summed E-state index contributed by atoms with van der Waals surface area (Å²) in [5.74, 6) is 0.613. The maximum Gasteiger partial charge on any atom is 0.242 e. The van der Waals surface area contributed by atoms with Gasteiger partial charge in [-0.2, -0.15) is 0 Å². The number of carbonyl (C=O) groups excluding carboxylic acids is 2. The van der Waals surface area contributed by atoms with E-state index < -0.39 is 0 Å². The minimum Gasteiger partial charge on any atom is -0.342 e. The molecule has 0 aliphatic rings. The van der Waals surface area contributed by atoms with Crippen molar-refractivity contribution in [1.29, 1.82) is 0 Å². The molecule has 8 nitrogen and oxygen atoms in total. The first-order chi connectivity index (χ1) is 12.0. The van der Waals surface area contributed by atoms with E-state index in [0.29, 0.717) is 24.1 Å². The first kappa shape index (κ1) is 18.9. The van der Waals surface area contributed by atoms with Gasteiger partial charge in [0.25, 0.3) is 0 Å². The fourth-order valence-electron chi connectivity index (χ4n) is 2.15. The Kier molecular flexibility index (Phi) is 6.93. The summed E-state index contributed by atoms with van der Waals surface area (Å²) in [5.41, 5.74) is 0.877. The molecule has 0 spiro atoms. The van der Waals surface area contributed by atoms with Gasteiger partial charge in [-0.15, -0.1) is 5.10 Å². The van der Waals surface area contributed by atoms with E-state index in [2.05, 4.69) is 20.2 Å². The van der Waals surface area contributed by atoms with Crippen LogP contribution in [0, 0.1) is 0 Å². The van der Waals surface area contributed by atoms with E-state index >= 15 is 0 Å². The summed E-state index contributed by atoms with van der Waals surface area (Å²) in [6, 6.07) is 3.65. The molecule has 0 saturated heterocycles. The monoisotopic (exact) mass is 362 g/mol. The van der Waals surface area contributed by atoms with E-state index in [9.17, 15) is 9.59 Å². The molecule has 134 valence electrons. The standard InChI is InChI=1S/C16H22N6O2S/c1-4-22(5-2)13(23)10-21(3)14(24)11-25-16-18-15(19-20-16)12-6-8-17-9-7-12/h6-9H,4-5,10-11H2,1-3H3,(H,18,19,20). The molecule has 0 saturated carbocycles. The number of nitrogens with one attached hydrogen (secondary N) is 1. The lowest BCUT2D eigenvalue weighted by Gasteiger charge is -2.23. The van der Waals surface area contributed by atoms with E-state index in [1.807, 2.05) is 26.0 Å². The van der Waals surface area contributed by atoms with Gasteiger partial charge in [0, 0.05) is 38.1 Å². The highest BCUT2D eigenvalue weighted by Crippen LogP contribution is 2.18. The van der Waals surface area contributed by atoms with Crippen molar-refractivity contribution in [2.45, 2.75) is 19.0 Å². The van der Waals surface area contributed by atoms with Crippen molar-refractivity contribution in [1.82, 2.24) is 30.0 Å². The van der Waals surface area contributed by atoms with Gasteiger partial charge >= 0.3 is 0 Å². The molecule has 1 N–H and O–H groups in total. The summed E-state index contributed by atoms with van der Waals surface area (Å²) in [6.07, 6.45) is 3.35. The van der Waals surface area contributed by atoms with Crippen LogP contribution in [0.25, 0.3) is 11.4 Å².